The number of alkyl halides is 3. The molecule has 4 aromatic rings. The van der Waals surface area contributed by atoms with Crippen molar-refractivity contribution in [2.24, 2.45) is 0 Å². The summed E-state index contributed by atoms with van der Waals surface area (Å²) >= 11 is 0. The Kier molecular flexibility index (Phi) is 7.11. The summed E-state index contributed by atoms with van der Waals surface area (Å²) in [7, 11) is 0. The van der Waals surface area contributed by atoms with Crippen molar-refractivity contribution < 1.29 is 44.3 Å². The number of H-pyrrole nitrogens is 1. The largest absolute Gasteiger partial charge is 2.00 e. The molecule has 2 heterocycles. The topological polar surface area (TPSA) is 63.0 Å². The van der Waals surface area contributed by atoms with E-state index in [9.17, 15) is 18.0 Å². The van der Waals surface area contributed by atoms with Gasteiger partial charge in [0.1, 0.15) is 0 Å². The summed E-state index contributed by atoms with van der Waals surface area (Å²) < 4.78 is 36.6. The summed E-state index contributed by atoms with van der Waals surface area (Å²) in [6, 6.07) is 17.9. The Hall–Kier alpha value is -2.50. The van der Waals surface area contributed by atoms with Gasteiger partial charge < -0.3 is 0 Å². The predicted molar refractivity (Wildman–Crippen MR) is 93.8 cm³/mol. The number of hydrogen-bond donors (Lipinski definition) is 1. The van der Waals surface area contributed by atoms with E-state index in [4.69, 9.17) is 0 Å². The van der Waals surface area contributed by atoms with Crippen LogP contribution in [0.15, 0.2) is 65.5 Å². The fraction of sp³-hybridized carbons (Fsp3) is 0.0526. The molecule has 0 bridgehead atoms. The van der Waals surface area contributed by atoms with Crippen LogP contribution in [0.4, 0.5) is 13.2 Å². The van der Waals surface area contributed by atoms with Gasteiger partial charge in [-0.1, -0.05) is 41.6 Å². The molecule has 28 heavy (non-hydrogen) atoms. The minimum atomic E-state index is -4.24. The summed E-state index contributed by atoms with van der Waals surface area (Å²) in [5.41, 5.74) is 0.453. The van der Waals surface area contributed by atoms with Crippen LogP contribution in [0.25, 0.3) is 17.2 Å². The SMILES string of the molecule is FC(F)(F)c1c[c-]ccc1.[CH2-]c1cc(=O)n2[nH]c(-c3ccccc3)nc2n1.[U+2]. The standard InChI is InChI=1S/C12H9N4O.C7H4F3.U/c1-8-7-10(17)16-12(13-8)14-11(15-16)9-5-3-2-4-6-9;8-7(9,10)6-4-2-1-3-5-6;/h2-7H,1H2,(H,13,14,15);1-2,4-5H;/q2*-1;+2. The van der Waals surface area contributed by atoms with Gasteiger partial charge in [0, 0.05) is 5.56 Å². The summed E-state index contributed by atoms with van der Waals surface area (Å²) in [6.45, 7) is 3.64. The minimum absolute atomic E-state index is 0. The van der Waals surface area contributed by atoms with Crippen molar-refractivity contribution in [3.8, 4) is 11.4 Å². The zero-order valence-corrected chi connectivity index (χ0v) is 18.5. The molecule has 1 N–H and O–H groups in total. The number of rotatable bonds is 1. The van der Waals surface area contributed by atoms with E-state index in [-0.39, 0.29) is 36.7 Å². The van der Waals surface area contributed by atoms with Crippen LogP contribution in [0.3, 0.4) is 0 Å². The number of halogens is 3. The van der Waals surface area contributed by atoms with E-state index in [1.807, 2.05) is 30.3 Å². The van der Waals surface area contributed by atoms with Crippen molar-refractivity contribution in [1.82, 2.24) is 19.6 Å². The second kappa shape index (κ2) is 9.13. The molecule has 0 aliphatic rings. The first kappa shape index (κ1) is 21.8. The third kappa shape index (κ3) is 5.27. The molecule has 0 amide bonds. The first-order valence-corrected chi connectivity index (χ1v) is 7.75. The van der Waals surface area contributed by atoms with Crippen LogP contribution in [0.5, 0.6) is 0 Å². The second-order valence-electron chi connectivity index (χ2n) is 5.45. The molecular weight excluding hydrogens is 595 g/mol. The molecule has 0 fully saturated rings. The van der Waals surface area contributed by atoms with Crippen molar-refractivity contribution in [2.45, 2.75) is 6.18 Å². The molecule has 0 aliphatic heterocycles. The number of nitrogens with one attached hydrogen (secondary N) is 1. The fourth-order valence-corrected chi connectivity index (χ4v) is 2.22. The van der Waals surface area contributed by atoms with E-state index in [2.05, 4.69) is 28.1 Å². The normalized spacial score (nSPS) is 10.7. The molecule has 0 saturated heterocycles. The van der Waals surface area contributed by atoms with Gasteiger partial charge in [-0.3, -0.25) is 14.9 Å². The smallest absolute Gasteiger partial charge is 0.290 e. The third-order valence-corrected chi connectivity index (χ3v) is 3.47. The molecule has 2 aromatic carbocycles. The Morgan fingerprint density at radius 3 is 2.36 bits per heavy atom. The van der Waals surface area contributed by atoms with E-state index in [0.717, 1.165) is 17.7 Å². The van der Waals surface area contributed by atoms with Crippen molar-refractivity contribution in [3.63, 3.8) is 0 Å². The van der Waals surface area contributed by atoms with E-state index >= 15 is 0 Å². The van der Waals surface area contributed by atoms with Crippen LogP contribution in [0.1, 0.15) is 11.3 Å². The average Bonchev–Trinajstić information content (AvgIpc) is 3.07. The maximum atomic E-state index is 11.8. The van der Waals surface area contributed by atoms with Gasteiger partial charge in [0.25, 0.3) is 0 Å². The van der Waals surface area contributed by atoms with Crippen molar-refractivity contribution in [2.75, 3.05) is 0 Å². The number of aromatic amines is 1. The van der Waals surface area contributed by atoms with Crippen LogP contribution >= 0.6 is 0 Å². The van der Waals surface area contributed by atoms with Gasteiger partial charge in [-0.25, -0.2) is 6.92 Å². The van der Waals surface area contributed by atoms with E-state index in [1.54, 1.807) is 0 Å². The molecule has 4 rings (SSSR count). The van der Waals surface area contributed by atoms with E-state index in [1.165, 1.54) is 22.7 Å². The number of benzene rings is 2. The molecule has 0 unspecified atom stereocenters. The Morgan fingerprint density at radius 1 is 1.07 bits per heavy atom. The predicted octanol–water partition coefficient (Wildman–Crippen LogP) is 3.77. The third-order valence-electron chi connectivity index (χ3n) is 3.47. The molecule has 0 atom stereocenters. The molecule has 140 valence electrons. The Balaban J connectivity index is 0.000000221. The quantitative estimate of drug-likeness (QED) is 0.335. The monoisotopic (exact) mass is 608 g/mol. The minimum Gasteiger partial charge on any atom is -0.290 e. The molecule has 9 heteroatoms. The van der Waals surface area contributed by atoms with Crippen LogP contribution in [-0.2, 0) is 6.18 Å². The van der Waals surface area contributed by atoms with Gasteiger partial charge in [0.15, 0.2) is 11.4 Å². The van der Waals surface area contributed by atoms with Crippen molar-refractivity contribution in [3.05, 3.63) is 95.3 Å². The van der Waals surface area contributed by atoms with Gasteiger partial charge in [-0.05, 0) is 0 Å². The Morgan fingerprint density at radius 2 is 1.79 bits per heavy atom. The summed E-state index contributed by atoms with van der Waals surface area (Å²) in [4.78, 5) is 20.0. The van der Waals surface area contributed by atoms with Crippen LogP contribution in [-0.4, -0.2) is 19.6 Å². The second-order valence-corrected chi connectivity index (χ2v) is 5.45. The molecule has 0 aliphatic carbocycles. The fourth-order valence-electron chi connectivity index (χ4n) is 2.22. The van der Waals surface area contributed by atoms with Crippen LogP contribution in [0, 0.1) is 44.1 Å². The molecule has 5 nitrogen and oxygen atoms in total. The molecule has 0 saturated carbocycles. The molecule has 0 radical (unpaired) electrons. The van der Waals surface area contributed by atoms with Crippen molar-refractivity contribution in [1.29, 1.82) is 0 Å². The van der Waals surface area contributed by atoms with Gasteiger partial charge in [-0.15, -0.1) is 6.07 Å². The Bertz CT molecular complexity index is 1090. The van der Waals surface area contributed by atoms with Gasteiger partial charge >= 0.3 is 37.3 Å². The van der Waals surface area contributed by atoms with Crippen molar-refractivity contribution >= 4 is 5.78 Å². The maximum absolute atomic E-state index is 11.8. The molecular formula is C19H13F3N4OU. The van der Waals surface area contributed by atoms with Gasteiger partial charge in [0.05, 0.1) is 0 Å². The van der Waals surface area contributed by atoms with Crippen LogP contribution in [0.2, 0.25) is 0 Å². The zero-order valence-electron chi connectivity index (χ0n) is 14.4. The number of fused-ring (bicyclic) bond motifs is 1. The molecule has 2 aromatic heterocycles. The van der Waals surface area contributed by atoms with E-state index in [0.29, 0.717) is 17.3 Å². The van der Waals surface area contributed by atoms with Gasteiger partial charge in [-0.2, -0.15) is 53.0 Å². The molecule has 0 spiro atoms. The number of nitrogens with zero attached hydrogens (tertiary/aromatic N) is 3. The average molecular weight is 608 g/mol. The summed E-state index contributed by atoms with van der Waals surface area (Å²) in [6.07, 6.45) is -4.24. The Labute approximate surface area is 182 Å². The number of aromatic nitrogens is 4. The summed E-state index contributed by atoms with van der Waals surface area (Å²) in [5.74, 6) is 0.946. The van der Waals surface area contributed by atoms with Crippen LogP contribution < -0.4 is 5.56 Å². The van der Waals surface area contributed by atoms with Gasteiger partial charge in [0.2, 0.25) is 5.78 Å². The maximum Gasteiger partial charge on any atom is 2.00 e. The zero-order chi connectivity index (χ0) is 19.4. The number of hydrogen-bond acceptors (Lipinski definition) is 3. The first-order valence-electron chi connectivity index (χ1n) is 7.75. The first-order chi connectivity index (χ1) is 12.8. The van der Waals surface area contributed by atoms with E-state index < -0.39 is 11.7 Å². The summed E-state index contributed by atoms with van der Waals surface area (Å²) in [5, 5.41) is 2.91.